The van der Waals surface area contributed by atoms with Gasteiger partial charge < -0.3 is 20.8 Å². The number of nitrogens with one attached hydrogen (secondary N) is 2. The number of ether oxygens (including phenoxy) is 1. The van der Waals surface area contributed by atoms with Crippen molar-refractivity contribution in [3.63, 3.8) is 0 Å². The Hall–Kier alpha value is -2.34. The number of carbonyl (C=O) groups excluding carboxylic acids is 2. The molecule has 6 nitrogen and oxygen atoms in total. The molecular weight excluding hydrogens is 366 g/mol. The minimum Gasteiger partial charge on any atom is -0.458 e. The molecule has 0 aliphatic carbocycles. The summed E-state index contributed by atoms with van der Waals surface area (Å²) in [6.45, 7) is 9.49. The van der Waals surface area contributed by atoms with Crippen molar-refractivity contribution in [3.8, 4) is 0 Å². The van der Waals surface area contributed by atoms with Crippen molar-refractivity contribution >= 4 is 22.8 Å². The monoisotopic (exact) mass is 401 g/mol. The van der Waals surface area contributed by atoms with Crippen LogP contribution in [0.1, 0.15) is 71.8 Å². The van der Waals surface area contributed by atoms with E-state index in [1.807, 2.05) is 58.2 Å². The second kappa shape index (κ2) is 9.92. The Labute approximate surface area is 173 Å². The Bertz CT molecular complexity index is 822. The summed E-state index contributed by atoms with van der Waals surface area (Å²) >= 11 is 0. The highest BCUT2D eigenvalue weighted by molar-refractivity contribution is 5.90. The third-order valence-electron chi connectivity index (χ3n) is 5.06. The maximum absolute atomic E-state index is 12.9. The van der Waals surface area contributed by atoms with Gasteiger partial charge in [0, 0.05) is 23.0 Å². The van der Waals surface area contributed by atoms with E-state index in [4.69, 9.17) is 10.5 Å². The highest BCUT2D eigenvalue weighted by Crippen LogP contribution is 2.27. The zero-order valence-corrected chi connectivity index (χ0v) is 18.2. The first-order valence-electron chi connectivity index (χ1n) is 10.5. The van der Waals surface area contributed by atoms with Gasteiger partial charge in [-0.25, -0.2) is 4.79 Å². The van der Waals surface area contributed by atoms with Crippen molar-refractivity contribution in [2.75, 3.05) is 0 Å². The summed E-state index contributed by atoms with van der Waals surface area (Å²) in [6, 6.07) is 6.46. The highest BCUT2D eigenvalue weighted by Gasteiger charge is 2.30. The van der Waals surface area contributed by atoms with Crippen molar-refractivity contribution in [2.24, 2.45) is 5.73 Å². The van der Waals surface area contributed by atoms with Crippen molar-refractivity contribution < 1.29 is 14.3 Å². The molecule has 3 atom stereocenters. The molecule has 1 aromatic heterocycles. The van der Waals surface area contributed by atoms with Gasteiger partial charge >= 0.3 is 5.97 Å². The first kappa shape index (κ1) is 22.9. The normalized spacial score (nSPS) is 15.0. The summed E-state index contributed by atoms with van der Waals surface area (Å²) in [5.41, 5.74) is 7.69. The molecule has 4 N–H and O–H groups in total. The number of unbranched alkanes of at least 4 members (excludes halogenated alkanes) is 2. The summed E-state index contributed by atoms with van der Waals surface area (Å²) in [4.78, 5) is 28.7. The van der Waals surface area contributed by atoms with Crippen LogP contribution in [0.25, 0.3) is 10.9 Å². The maximum Gasteiger partial charge on any atom is 0.329 e. The molecule has 2 aromatic rings. The van der Waals surface area contributed by atoms with Gasteiger partial charge in [-0.15, -0.1) is 0 Å². The van der Waals surface area contributed by atoms with Gasteiger partial charge in [-0.3, -0.25) is 4.79 Å². The second-order valence-electron chi connectivity index (χ2n) is 8.69. The molecule has 29 heavy (non-hydrogen) atoms. The predicted octanol–water partition coefficient (Wildman–Crippen LogP) is 4.01. The molecule has 6 heteroatoms. The lowest BCUT2D eigenvalue weighted by Gasteiger charge is -2.26. The van der Waals surface area contributed by atoms with Crippen molar-refractivity contribution in [1.82, 2.24) is 10.3 Å². The Kier molecular flexibility index (Phi) is 7.85. The van der Waals surface area contributed by atoms with Gasteiger partial charge in [-0.2, -0.15) is 0 Å². The van der Waals surface area contributed by atoms with Crippen LogP contribution < -0.4 is 11.1 Å². The molecule has 0 saturated heterocycles. The van der Waals surface area contributed by atoms with Crippen LogP contribution in [0.5, 0.6) is 0 Å². The predicted molar refractivity (Wildman–Crippen MR) is 117 cm³/mol. The van der Waals surface area contributed by atoms with E-state index in [0.29, 0.717) is 6.42 Å². The van der Waals surface area contributed by atoms with E-state index in [9.17, 15) is 9.59 Å². The average molecular weight is 402 g/mol. The zero-order valence-electron chi connectivity index (χ0n) is 18.2. The molecule has 0 radical (unpaired) electrons. The van der Waals surface area contributed by atoms with Crippen molar-refractivity contribution in [1.29, 1.82) is 0 Å². The molecule has 1 heterocycles. The topological polar surface area (TPSA) is 97.2 Å². The van der Waals surface area contributed by atoms with Crippen molar-refractivity contribution in [2.45, 2.75) is 83.9 Å². The summed E-state index contributed by atoms with van der Waals surface area (Å²) in [7, 11) is 0. The fourth-order valence-electron chi connectivity index (χ4n) is 3.38. The van der Waals surface area contributed by atoms with Gasteiger partial charge in [0.25, 0.3) is 0 Å². The first-order valence-corrected chi connectivity index (χ1v) is 10.5. The van der Waals surface area contributed by atoms with E-state index >= 15 is 0 Å². The number of aromatic amines is 1. The van der Waals surface area contributed by atoms with Crippen LogP contribution in [0.3, 0.4) is 0 Å². The number of hydrogen-bond acceptors (Lipinski definition) is 4. The molecule has 2 unspecified atom stereocenters. The first-order chi connectivity index (χ1) is 13.6. The molecular formula is C23H35N3O3. The molecule has 1 aromatic carbocycles. The number of carbonyl (C=O) groups is 2. The molecule has 0 saturated carbocycles. The van der Waals surface area contributed by atoms with E-state index in [1.54, 1.807) is 0 Å². The number of amides is 1. The summed E-state index contributed by atoms with van der Waals surface area (Å²) < 4.78 is 5.50. The highest BCUT2D eigenvalue weighted by atomic mass is 16.6. The molecule has 0 spiro atoms. The Morgan fingerprint density at radius 3 is 2.55 bits per heavy atom. The minimum absolute atomic E-state index is 0.207. The second-order valence-corrected chi connectivity index (χ2v) is 8.69. The smallest absolute Gasteiger partial charge is 0.329 e. The van der Waals surface area contributed by atoms with E-state index < -0.39 is 23.7 Å². The summed E-state index contributed by atoms with van der Waals surface area (Å²) in [6.07, 6.45) is 5.31. The van der Waals surface area contributed by atoms with E-state index in [-0.39, 0.29) is 11.8 Å². The van der Waals surface area contributed by atoms with Gasteiger partial charge in [0.05, 0.1) is 6.04 Å². The van der Waals surface area contributed by atoms with Gasteiger partial charge in [0.2, 0.25) is 5.91 Å². The largest absolute Gasteiger partial charge is 0.458 e. The summed E-state index contributed by atoms with van der Waals surface area (Å²) in [5.74, 6) is -0.954. The number of nitrogens with two attached hydrogens (primary N) is 1. The fraction of sp³-hybridized carbons (Fsp3) is 0.565. The number of H-pyrrole nitrogens is 1. The van der Waals surface area contributed by atoms with Crippen LogP contribution in [-0.2, 0) is 14.3 Å². The fourth-order valence-corrected chi connectivity index (χ4v) is 3.38. The van der Waals surface area contributed by atoms with Crippen LogP contribution >= 0.6 is 0 Å². The van der Waals surface area contributed by atoms with E-state index in [1.165, 1.54) is 0 Å². The third-order valence-corrected chi connectivity index (χ3v) is 5.06. The van der Waals surface area contributed by atoms with Crippen LogP contribution in [0, 0.1) is 0 Å². The number of aromatic nitrogens is 1. The molecule has 0 aliphatic heterocycles. The third kappa shape index (κ3) is 6.32. The van der Waals surface area contributed by atoms with Crippen molar-refractivity contribution in [3.05, 3.63) is 36.0 Å². The number of rotatable bonds is 9. The average Bonchev–Trinajstić information content (AvgIpc) is 3.08. The lowest BCUT2D eigenvalue weighted by atomic mass is 9.92. The lowest BCUT2D eigenvalue weighted by Crippen LogP contribution is -2.51. The Balaban J connectivity index is 2.10. The quantitative estimate of drug-likeness (QED) is 0.437. The van der Waals surface area contributed by atoms with Crippen LogP contribution in [-0.4, -0.2) is 34.5 Å². The number of benzene rings is 1. The van der Waals surface area contributed by atoms with Gasteiger partial charge in [0.15, 0.2) is 0 Å². The summed E-state index contributed by atoms with van der Waals surface area (Å²) in [5, 5.41) is 3.89. The minimum atomic E-state index is -0.773. The molecule has 0 aliphatic rings. The Morgan fingerprint density at radius 2 is 1.90 bits per heavy atom. The molecule has 1 amide bonds. The van der Waals surface area contributed by atoms with E-state index in [2.05, 4.69) is 17.2 Å². The van der Waals surface area contributed by atoms with Gasteiger partial charge in [-0.05, 0) is 38.8 Å². The van der Waals surface area contributed by atoms with Gasteiger partial charge in [-0.1, -0.05) is 51.3 Å². The molecule has 160 valence electrons. The number of para-hydroxylation sites is 1. The molecule has 0 bridgehead atoms. The maximum atomic E-state index is 12.9. The van der Waals surface area contributed by atoms with Crippen LogP contribution in [0.4, 0.5) is 0 Å². The zero-order chi connectivity index (χ0) is 21.6. The SMILES string of the molecule is CCCCCC(NC(=O)C(N)[C@@H](C)c1c[nH]c2ccccc12)C(=O)OC(C)(C)C. The van der Waals surface area contributed by atoms with Gasteiger partial charge in [0.1, 0.15) is 11.6 Å². The van der Waals surface area contributed by atoms with Crippen LogP contribution in [0.2, 0.25) is 0 Å². The van der Waals surface area contributed by atoms with Crippen LogP contribution in [0.15, 0.2) is 30.5 Å². The lowest BCUT2D eigenvalue weighted by molar-refractivity contribution is -0.159. The molecule has 0 fully saturated rings. The molecule has 2 rings (SSSR count). The standard InChI is InChI=1S/C23H35N3O3/c1-6-7-8-13-19(22(28)29-23(3,4)5)26-21(27)20(24)15(2)17-14-25-18-12-10-9-11-16(17)18/h9-12,14-15,19-20,25H,6-8,13,24H2,1-5H3,(H,26,27)/t15-,19?,20?/m0/s1. The Morgan fingerprint density at radius 1 is 1.21 bits per heavy atom. The van der Waals surface area contributed by atoms with E-state index in [0.717, 1.165) is 35.7 Å². The number of hydrogen-bond donors (Lipinski definition) is 3. The number of esters is 1. The number of fused-ring (bicyclic) bond motifs is 1.